The minimum absolute atomic E-state index is 0.133. The fourth-order valence-corrected chi connectivity index (χ4v) is 4.75. The van der Waals surface area contributed by atoms with E-state index in [0.717, 1.165) is 16.7 Å². The monoisotopic (exact) mass is 499 g/mol. The summed E-state index contributed by atoms with van der Waals surface area (Å²) in [4.78, 5) is 44.4. The van der Waals surface area contributed by atoms with Gasteiger partial charge in [-0.15, -0.1) is 11.8 Å². The van der Waals surface area contributed by atoms with Gasteiger partial charge in [0.15, 0.2) is 0 Å². The molecule has 0 radical (unpaired) electrons. The molecule has 3 atom stereocenters. The number of para-hydroxylation sites is 1. The number of rotatable bonds is 12. The van der Waals surface area contributed by atoms with Crippen LogP contribution in [-0.2, 0) is 14.4 Å². The van der Waals surface area contributed by atoms with E-state index in [2.05, 4.69) is 15.6 Å². The van der Waals surface area contributed by atoms with Gasteiger partial charge in [-0.1, -0.05) is 24.3 Å². The van der Waals surface area contributed by atoms with E-state index in [4.69, 9.17) is 17.2 Å². The van der Waals surface area contributed by atoms with Crippen molar-refractivity contribution in [1.82, 2.24) is 15.2 Å². The van der Waals surface area contributed by atoms with Crippen molar-refractivity contribution in [1.29, 1.82) is 0 Å². The molecule has 0 fully saturated rings. The lowest BCUT2D eigenvalue weighted by Gasteiger charge is -2.25. The second-order valence-corrected chi connectivity index (χ2v) is 9.33. The minimum atomic E-state index is -1.10. The average Bonchev–Trinajstić information content (AvgIpc) is 3.36. The highest BCUT2D eigenvalue weighted by Crippen LogP contribution is 2.25. The second-order valence-electron chi connectivity index (χ2n) is 8.39. The zero-order chi connectivity index (χ0) is 25.2. The van der Waals surface area contributed by atoms with Gasteiger partial charge in [-0.25, -0.2) is 0 Å². The molecule has 3 amide bonds. The molecular formula is C24H33N7O3S. The summed E-state index contributed by atoms with van der Waals surface area (Å²) in [6, 6.07) is 7.49. The van der Waals surface area contributed by atoms with Gasteiger partial charge in [-0.05, 0) is 29.9 Å². The van der Waals surface area contributed by atoms with E-state index in [-0.39, 0.29) is 37.2 Å². The predicted molar refractivity (Wildman–Crippen MR) is 139 cm³/mol. The molecule has 2 aromatic rings. The zero-order valence-electron chi connectivity index (χ0n) is 19.6. The molecule has 188 valence electrons. The number of benzene rings is 1. The topological polar surface area (TPSA) is 169 Å². The molecule has 0 bridgehead atoms. The summed E-state index contributed by atoms with van der Waals surface area (Å²) < 4.78 is 0. The van der Waals surface area contributed by atoms with Gasteiger partial charge in [0, 0.05) is 37.3 Å². The standard InChI is InChI=1S/C24H33N7O3S/c25-6-8-31(9-7-26)22(32)13-19(27)23(33)30-21(11-16-5-10-35-15-16)24(34)29-18-12-17-3-1-2-4-20(17)28-14-18/h1-5,10,12,14,16,19,21H,6-9,11,13,15,25-27H2,(H,29,34)(H,30,33)/t16?,19-,21-/m0/s1. The Labute approximate surface area is 209 Å². The maximum Gasteiger partial charge on any atom is 0.247 e. The Balaban J connectivity index is 1.67. The van der Waals surface area contributed by atoms with Crippen molar-refractivity contribution in [3.8, 4) is 0 Å². The van der Waals surface area contributed by atoms with Crippen molar-refractivity contribution in [2.75, 3.05) is 37.2 Å². The van der Waals surface area contributed by atoms with Crippen LogP contribution in [0, 0.1) is 5.92 Å². The van der Waals surface area contributed by atoms with Gasteiger partial charge >= 0.3 is 0 Å². The maximum atomic E-state index is 13.2. The summed E-state index contributed by atoms with van der Waals surface area (Å²) in [5.41, 5.74) is 18.5. The number of carbonyl (C=O) groups excluding carboxylic acids is 3. The highest BCUT2D eigenvalue weighted by atomic mass is 32.2. The van der Waals surface area contributed by atoms with Crippen LogP contribution >= 0.6 is 11.8 Å². The van der Waals surface area contributed by atoms with Crippen molar-refractivity contribution < 1.29 is 14.4 Å². The Morgan fingerprint density at radius 2 is 1.89 bits per heavy atom. The second kappa shape index (κ2) is 13.2. The first-order valence-electron chi connectivity index (χ1n) is 11.6. The average molecular weight is 500 g/mol. The van der Waals surface area contributed by atoms with Crippen molar-refractivity contribution >= 4 is 46.1 Å². The lowest BCUT2D eigenvalue weighted by molar-refractivity contribution is -0.134. The summed E-state index contributed by atoms with van der Waals surface area (Å²) >= 11 is 1.66. The van der Waals surface area contributed by atoms with Gasteiger partial charge in [0.25, 0.3) is 0 Å². The molecule has 11 heteroatoms. The van der Waals surface area contributed by atoms with Crippen LogP contribution in [0.1, 0.15) is 12.8 Å². The number of anilines is 1. The van der Waals surface area contributed by atoms with Crippen LogP contribution in [0.15, 0.2) is 48.0 Å². The van der Waals surface area contributed by atoms with E-state index in [1.165, 1.54) is 4.90 Å². The highest BCUT2D eigenvalue weighted by Gasteiger charge is 2.29. The number of nitrogens with one attached hydrogen (secondary N) is 2. The number of amides is 3. The van der Waals surface area contributed by atoms with Gasteiger partial charge in [-0.3, -0.25) is 19.4 Å². The Hall–Kier alpha value is -2.99. The minimum Gasteiger partial charge on any atom is -0.343 e. The van der Waals surface area contributed by atoms with Crippen molar-refractivity contribution in [2.24, 2.45) is 23.1 Å². The van der Waals surface area contributed by atoms with E-state index >= 15 is 0 Å². The van der Waals surface area contributed by atoms with Gasteiger partial charge in [0.2, 0.25) is 17.7 Å². The summed E-state index contributed by atoms with van der Waals surface area (Å²) in [5.74, 6) is -0.276. The molecule has 10 nitrogen and oxygen atoms in total. The normalized spacial score (nSPS) is 16.6. The van der Waals surface area contributed by atoms with Crippen LogP contribution in [-0.4, -0.2) is 71.6 Å². The SMILES string of the molecule is NCCN(CCN)C(=O)C[C@H](N)C(=O)N[C@@H](CC1C=CSC1)C(=O)Nc1cnc2ccccc2c1. The van der Waals surface area contributed by atoms with Gasteiger partial charge in [0.05, 0.1) is 29.9 Å². The summed E-state index contributed by atoms with van der Waals surface area (Å²) in [6.07, 6.45) is 3.82. The number of hydrogen-bond acceptors (Lipinski definition) is 8. The molecule has 1 aliphatic rings. The highest BCUT2D eigenvalue weighted by molar-refractivity contribution is 8.02. The first-order chi connectivity index (χ1) is 16.9. The van der Waals surface area contributed by atoms with Crippen LogP contribution in [0.5, 0.6) is 0 Å². The van der Waals surface area contributed by atoms with Crippen LogP contribution in [0.3, 0.4) is 0 Å². The lowest BCUT2D eigenvalue weighted by atomic mass is 10.0. The summed E-state index contributed by atoms with van der Waals surface area (Å²) in [6.45, 7) is 1.24. The molecule has 0 saturated heterocycles. The lowest BCUT2D eigenvalue weighted by Crippen LogP contribution is -2.52. The molecule has 1 aromatic heterocycles. The molecule has 0 saturated carbocycles. The first kappa shape index (κ1) is 26.6. The molecule has 1 unspecified atom stereocenters. The maximum absolute atomic E-state index is 13.2. The fourth-order valence-electron chi connectivity index (χ4n) is 3.81. The Morgan fingerprint density at radius 1 is 1.14 bits per heavy atom. The molecule has 1 aromatic carbocycles. The number of hydrogen-bond donors (Lipinski definition) is 5. The molecule has 8 N–H and O–H groups in total. The van der Waals surface area contributed by atoms with Gasteiger partial charge in [0.1, 0.15) is 6.04 Å². The molecule has 0 aliphatic carbocycles. The van der Waals surface area contributed by atoms with Crippen LogP contribution in [0.2, 0.25) is 0 Å². The number of allylic oxidation sites excluding steroid dienone is 1. The number of carbonyl (C=O) groups is 3. The molecule has 35 heavy (non-hydrogen) atoms. The zero-order valence-corrected chi connectivity index (χ0v) is 20.4. The van der Waals surface area contributed by atoms with E-state index in [1.807, 2.05) is 41.8 Å². The molecule has 0 spiro atoms. The fraction of sp³-hybridized carbons (Fsp3) is 0.417. The Morgan fingerprint density at radius 3 is 2.57 bits per heavy atom. The quantitative estimate of drug-likeness (QED) is 0.279. The third kappa shape index (κ3) is 7.76. The number of nitrogens with zero attached hydrogens (tertiary/aromatic N) is 2. The number of fused-ring (bicyclic) bond motifs is 1. The smallest absolute Gasteiger partial charge is 0.247 e. The van der Waals surface area contributed by atoms with Crippen LogP contribution < -0.4 is 27.8 Å². The largest absolute Gasteiger partial charge is 0.343 e. The number of thioether (sulfide) groups is 1. The predicted octanol–water partition coefficient (Wildman–Crippen LogP) is 0.388. The molecule has 2 heterocycles. The van der Waals surface area contributed by atoms with Crippen molar-refractivity contribution in [3.63, 3.8) is 0 Å². The van der Waals surface area contributed by atoms with Gasteiger partial charge < -0.3 is 32.7 Å². The van der Waals surface area contributed by atoms with E-state index in [0.29, 0.717) is 25.2 Å². The van der Waals surface area contributed by atoms with E-state index in [1.54, 1.807) is 18.0 Å². The van der Waals surface area contributed by atoms with E-state index in [9.17, 15) is 14.4 Å². The van der Waals surface area contributed by atoms with Crippen molar-refractivity contribution in [3.05, 3.63) is 48.0 Å². The van der Waals surface area contributed by atoms with E-state index < -0.39 is 18.0 Å². The third-order valence-electron chi connectivity index (χ3n) is 5.67. The summed E-state index contributed by atoms with van der Waals surface area (Å²) in [7, 11) is 0. The molecule has 1 aliphatic heterocycles. The molecule has 3 rings (SSSR count). The Bertz CT molecular complexity index is 1060. The third-order valence-corrected chi connectivity index (χ3v) is 6.64. The molecular weight excluding hydrogens is 466 g/mol. The number of aromatic nitrogens is 1. The van der Waals surface area contributed by atoms with Gasteiger partial charge in [-0.2, -0.15) is 0 Å². The van der Waals surface area contributed by atoms with Crippen LogP contribution in [0.4, 0.5) is 5.69 Å². The number of pyridine rings is 1. The Kier molecular flexibility index (Phi) is 10.0. The van der Waals surface area contributed by atoms with Crippen molar-refractivity contribution in [2.45, 2.75) is 24.9 Å². The first-order valence-corrected chi connectivity index (χ1v) is 12.6. The van der Waals surface area contributed by atoms with Crippen LogP contribution in [0.25, 0.3) is 10.9 Å². The summed E-state index contributed by atoms with van der Waals surface area (Å²) in [5, 5.41) is 8.48. The number of nitrogens with two attached hydrogens (primary N) is 3.